The molecule has 0 atom stereocenters. The number of rotatable bonds is 3. The summed E-state index contributed by atoms with van der Waals surface area (Å²) in [7, 11) is 0. The highest BCUT2D eigenvalue weighted by Gasteiger charge is 2.19. The molecule has 7 heteroatoms. The van der Waals surface area contributed by atoms with E-state index < -0.39 is 5.97 Å². The van der Waals surface area contributed by atoms with E-state index in [9.17, 15) is 9.18 Å². The Balaban J connectivity index is 2.12. The summed E-state index contributed by atoms with van der Waals surface area (Å²) in [6, 6.07) is 5.96. The van der Waals surface area contributed by atoms with Gasteiger partial charge in [0.25, 0.3) is 0 Å². The van der Waals surface area contributed by atoms with Crippen molar-refractivity contribution in [1.82, 2.24) is 15.2 Å². The monoisotopic (exact) mass is 303 g/mol. The summed E-state index contributed by atoms with van der Waals surface area (Å²) >= 11 is 1.24. The third-order valence-electron chi connectivity index (χ3n) is 3.00. The van der Waals surface area contributed by atoms with Crippen LogP contribution in [0, 0.1) is 12.7 Å². The number of aromatic amines is 1. The summed E-state index contributed by atoms with van der Waals surface area (Å²) < 4.78 is 13.0. The molecule has 0 aliphatic rings. The first kappa shape index (κ1) is 13.4. The second-order valence-electron chi connectivity index (χ2n) is 4.42. The summed E-state index contributed by atoms with van der Waals surface area (Å²) in [6.07, 6.45) is 0. The van der Waals surface area contributed by atoms with Gasteiger partial charge >= 0.3 is 5.97 Å². The van der Waals surface area contributed by atoms with Gasteiger partial charge in [-0.05, 0) is 31.2 Å². The fourth-order valence-electron chi connectivity index (χ4n) is 1.99. The lowest BCUT2D eigenvalue weighted by Crippen LogP contribution is -1.95. The van der Waals surface area contributed by atoms with Gasteiger partial charge in [-0.2, -0.15) is 5.10 Å². The summed E-state index contributed by atoms with van der Waals surface area (Å²) in [6.45, 7) is 1.83. The molecule has 0 unspecified atom stereocenters. The number of aryl methyl sites for hydroxylation is 1. The zero-order valence-electron chi connectivity index (χ0n) is 10.9. The number of H-pyrrole nitrogens is 1. The van der Waals surface area contributed by atoms with Crippen LogP contribution in [0.4, 0.5) is 4.39 Å². The molecule has 3 rings (SSSR count). The highest BCUT2D eigenvalue weighted by atomic mass is 32.1. The number of benzene rings is 1. The maximum atomic E-state index is 13.0. The number of carboxylic acid groups (broad SMARTS) is 1. The molecular formula is C14H10FN3O2S. The number of carboxylic acids is 1. The van der Waals surface area contributed by atoms with Crippen LogP contribution >= 0.6 is 11.3 Å². The fourth-order valence-corrected chi connectivity index (χ4v) is 2.89. The molecule has 0 amide bonds. The summed E-state index contributed by atoms with van der Waals surface area (Å²) in [5, 5.41) is 18.1. The summed E-state index contributed by atoms with van der Waals surface area (Å²) in [5.74, 6) is -1.39. The van der Waals surface area contributed by atoms with E-state index in [2.05, 4.69) is 15.2 Å². The van der Waals surface area contributed by atoms with Crippen molar-refractivity contribution in [3.05, 3.63) is 46.9 Å². The van der Waals surface area contributed by atoms with Crippen molar-refractivity contribution in [2.24, 2.45) is 0 Å². The number of aromatic carboxylic acids is 1. The number of carbonyl (C=O) groups is 1. The predicted octanol–water partition coefficient (Wildman–Crippen LogP) is 3.35. The van der Waals surface area contributed by atoms with Gasteiger partial charge < -0.3 is 5.11 Å². The van der Waals surface area contributed by atoms with E-state index in [4.69, 9.17) is 5.11 Å². The van der Waals surface area contributed by atoms with E-state index in [1.54, 1.807) is 12.1 Å². The third kappa shape index (κ3) is 2.43. The van der Waals surface area contributed by atoms with Gasteiger partial charge in [-0.25, -0.2) is 14.2 Å². The standard InChI is InChI=1S/C14H10FN3O2S/c1-7-11(13-16-10(6-21-13)14(19)20)12(18-17-7)8-2-4-9(15)5-3-8/h2-6H,1H3,(H,17,18)(H,19,20). The van der Waals surface area contributed by atoms with Crippen LogP contribution in [0.1, 0.15) is 16.2 Å². The van der Waals surface area contributed by atoms with Crippen LogP contribution in [0.25, 0.3) is 21.8 Å². The van der Waals surface area contributed by atoms with E-state index in [0.717, 1.165) is 16.8 Å². The highest BCUT2D eigenvalue weighted by molar-refractivity contribution is 7.13. The minimum absolute atomic E-state index is 0.000608. The average molecular weight is 303 g/mol. The Labute approximate surface area is 123 Å². The van der Waals surface area contributed by atoms with Crippen molar-refractivity contribution in [3.63, 3.8) is 0 Å². The Morgan fingerprint density at radius 3 is 2.67 bits per heavy atom. The molecule has 0 saturated heterocycles. The fraction of sp³-hybridized carbons (Fsp3) is 0.0714. The number of thiazole rings is 1. The number of aromatic nitrogens is 3. The Bertz CT molecular complexity index is 808. The van der Waals surface area contributed by atoms with Crippen LogP contribution in [-0.4, -0.2) is 26.3 Å². The van der Waals surface area contributed by atoms with Gasteiger partial charge in [0, 0.05) is 16.6 Å². The van der Waals surface area contributed by atoms with Crippen molar-refractivity contribution in [3.8, 4) is 21.8 Å². The molecule has 0 fully saturated rings. The lowest BCUT2D eigenvalue weighted by atomic mass is 10.1. The molecule has 21 heavy (non-hydrogen) atoms. The first-order chi connectivity index (χ1) is 10.1. The molecule has 0 spiro atoms. The third-order valence-corrected chi connectivity index (χ3v) is 3.86. The topological polar surface area (TPSA) is 78.9 Å². The quantitative estimate of drug-likeness (QED) is 0.777. The van der Waals surface area contributed by atoms with E-state index in [1.165, 1.54) is 28.8 Å². The smallest absolute Gasteiger partial charge is 0.355 e. The van der Waals surface area contributed by atoms with Crippen LogP contribution < -0.4 is 0 Å². The molecule has 1 aromatic carbocycles. The summed E-state index contributed by atoms with van der Waals surface area (Å²) in [5.41, 5.74) is 2.88. The van der Waals surface area contributed by atoms with Gasteiger partial charge in [0.05, 0.1) is 5.56 Å². The number of nitrogens with zero attached hydrogens (tertiary/aromatic N) is 2. The molecule has 0 aliphatic heterocycles. The highest BCUT2D eigenvalue weighted by Crippen LogP contribution is 2.34. The first-order valence-electron chi connectivity index (χ1n) is 6.06. The Hall–Kier alpha value is -2.54. The second kappa shape index (κ2) is 5.10. The minimum atomic E-state index is -1.07. The van der Waals surface area contributed by atoms with Crippen molar-refractivity contribution >= 4 is 17.3 Å². The van der Waals surface area contributed by atoms with Crippen LogP contribution in [0.2, 0.25) is 0 Å². The first-order valence-corrected chi connectivity index (χ1v) is 6.94. The zero-order valence-corrected chi connectivity index (χ0v) is 11.7. The number of hydrogen-bond acceptors (Lipinski definition) is 4. The maximum absolute atomic E-state index is 13.0. The Morgan fingerprint density at radius 1 is 1.33 bits per heavy atom. The second-order valence-corrected chi connectivity index (χ2v) is 5.28. The van der Waals surface area contributed by atoms with Gasteiger partial charge in [0.2, 0.25) is 0 Å². The maximum Gasteiger partial charge on any atom is 0.355 e. The van der Waals surface area contributed by atoms with Crippen LogP contribution in [0.15, 0.2) is 29.6 Å². The molecule has 5 nitrogen and oxygen atoms in total. The number of hydrogen-bond donors (Lipinski definition) is 2. The van der Waals surface area contributed by atoms with Crippen molar-refractivity contribution < 1.29 is 14.3 Å². The Morgan fingerprint density at radius 2 is 2.05 bits per heavy atom. The van der Waals surface area contributed by atoms with Gasteiger partial charge in [0.1, 0.15) is 16.5 Å². The lowest BCUT2D eigenvalue weighted by molar-refractivity contribution is 0.0691. The molecule has 0 bridgehead atoms. The molecular weight excluding hydrogens is 293 g/mol. The molecule has 0 saturated carbocycles. The Kier molecular flexibility index (Phi) is 3.26. The van der Waals surface area contributed by atoms with Gasteiger partial charge in [-0.15, -0.1) is 11.3 Å². The van der Waals surface area contributed by atoms with E-state index in [1.807, 2.05) is 6.92 Å². The average Bonchev–Trinajstić information content (AvgIpc) is 3.06. The van der Waals surface area contributed by atoms with Crippen LogP contribution in [0.3, 0.4) is 0 Å². The molecule has 0 aliphatic carbocycles. The molecule has 2 aromatic heterocycles. The van der Waals surface area contributed by atoms with Crippen molar-refractivity contribution in [2.75, 3.05) is 0 Å². The summed E-state index contributed by atoms with van der Waals surface area (Å²) in [4.78, 5) is 15.0. The number of nitrogens with one attached hydrogen (secondary N) is 1. The van der Waals surface area contributed by atoms with E-state index >= 15 is 0 Å². The van der Waals surface area contributed by atoms with Gasteiger partial charge in [-0.3, -0.25) is 5.10 Å². The van der Waals surface area contributed by atoms with Crippen molar-refractivity contribution in [1.29, 1.82) is 0 Å². The minimum Gasteiger partial charge on any atom is -0.476 e. The molecule has 106 valence electrons. The SMILES string of the molecule is Cc1[nH]nc(-c2ccc(F)cc2)c1-c1nc(C(=O)O)cs1. The van der Waals surface area contributed by atoms with Crippen LogP contribution in [0.5, 0.6) is 0 Å². The normalized spacial score (nSPS) is 10.8. The molecule has 3 aromatic rings. The van der Waals surface area contributed by atoms with Gasteiger partial charge in [-0.1, -0.05) is 0 Å². The lowest BCUT2D eigenvalue weighted by Gasteiger charge is -2.01. The van der Waals surface area contributed by atoms with E-state index in [0.29, 0.717) is 10.7 Å². The molecule has 2 N–H and O–H groups in total. The largest absolute Gasteiger partial charge is 0.476 e. The van der Waals surface area contributed by atoms with Crippen LogP contribution in [-0.2, 0) is 0 Å². The van der Waals surface area contributed by atoms with Crippen molar-refractivity contribution in [2.45, 2.75) is 6.92 Å². The van der Waals surface area contributed by atoms with E-state index in [-0.39, 0.29) is 11.5 Å². The molecule has 0 radical (unpaired) electrons. The van der Waals surface area contributed by atoms with Gasteiger partial charge in [0.15, 0.2) is 5.69 Å². The predicted molar refractivity (Wildman–Crippen MR) is 76.8 cm³/mol. The zero-order chi connectivity index (χ0) is 15.0. The number of halogens is 1. The molecule has 2 heterocycles.